The lowest BCUT2D eigenvalue weighted by atomic mass is 10.1. The number of anilines is 1. The maximum absolute atomic E-state index is 12.5. The maximum atomic E-state index is 12.5. The van der Waals surface area contributed by atoms with Crippen molar-refractivity contribution in [2.45, 2.75) is 11.0 Å². The summed E-state index contributed by atoms with van der Waals surface area (Å²) in [6.07, 6.45) is 1.73. The predicted molar refractivity (Wildman–Crippen MR) is 112 cm³/mol. The average Bonchev–Trinajstić information content (AvgIpc) is 2.78. The molecule has 1 unspecified atom stereocenters. The average molecular weight is 413 g/mol. The van der Waals surface area contributed by atoms with Gasteiger partial charge < -0.3 is 20.3 Å². The smallest absolute Gasteiger partial charge is 0.313 e. The van der Waals surface area contributed by atoms with E-state index in [4.69, 9.17) is 4.74 Å². The lowest BCUT2D eigenvalue weighted by molar-refractivity contribution is -0.141. The third-order valence-electron chi connectivity index (χ3n) is 4.52. The van der Waals surface area contributed by atoms with Crippen LogP contribution in [0.4, 0.5) is 5.69 Å². The van der Waals surface area contributed by atoms with Crippen LogP contribution in [0.1, 0.15) is 11.7 Å². The van der Waals surface area contributed by atoms with Crippen molar-refractivity contribution in [1.82, 2.24) is 10.2 Å². The van der Waals surface area contributed by atoms with Crippen LogP contribution in [-0.2, 0) is 19.1 Å². The molecule has 0 saturated carbocycles. The summed E-state index contributed by atoms with van der Waals surface area (Å²) in [6.45, 7) is 1.04. The van der Waals surface area contributed by atoms with Gasteiger partial charge in [-0.2, -0.15) is 0 Å². The molecule has 8 heteroatoms. The van der Waals surface area contributed by atoms with Gasteiger partial charge in [0.1, 0.15) is 6.10 Å². The van der Waals surface area contributed by atoms with E-state index in [1.165, 1.54) is 11.8 Å². The SMILES string of the molecule is CSc1cccc(NC(=O)C(=O)NCC(=O)N2CCOC(c3ccccc3)C2)c1. The van der Waals surface area contributed by atoms with Crippen LogP contribution >= 0.6 is 11.8 Å². The Morgan fingerprint density at radius 3 is 2.66 bits per heavy atom. The minimum atomic E-state index is -0.847. The Balaban J connectivity index is 1.49. The number of thioether (sulfide) groups is 1. The Kier molecular flexibility index (Phi) is 7.26. The number of ether oxygens (including phenoxy) is 1. The largest absolute Gasteiger partial charge is 0.370 e. The summed E-state index contributed by atoms with van der Waals surface area (Å²) < 4.78 is 5.75. The zero-order chi connectivity index (χ0) is 20.6. The number of hydrogen-bond donors (Lipinski definition) is 2. The number of carbonyl (C=O) groups excluding carboxylic acids is 3. The van der Waals surface area contributed by atoms with Crippen LogP contribution in [0.2, 0.25) is 0 Å². The van der Waals surface area contributed by atoms with Crippen LogP contribution in [0.3, 0.4) is 0 Å². The fraction of sp³-hybridized carbons (Fsp3) is 0.286. The first kappa shape index (κ1) is 20.9. The molecule has 3 amide bonds. The first-order valence-corrected chi connectivity index (χ1v) is 10.5. The highest BCUT2D eigenvalue weighted by molar-refractivity contribution is 7.98. The first-order valence-electron chi connectivity index (χ1n) is 9.24. The van der Waals surface area contributed by atoms with Crippen molar-refractivity contribution in [2.75, 3.05) is 37.8 Å². The summed E-state index contributed by atoms with van der Waals surface area (Å²) in [4.78, 5) is 39.2. The summed E-state index contributed by atoms with van der Waals surface area (Å²) in [7, 11) is 0. The molecule has 1 saturated heterocycles. The van der Waals surface area contributed by atoms with Crippen molar-refractivity contribution >= 4 is 35.2 Å². The summed E-state index contributed by atoms with van der Waals surface area (Å²) >= 11 is 1.53. The fourth-order valence-corrected chi connectivity index (χ4v) is 3.44. The number of benzene rings is 2. The molecule has 1 fully saturated rings. The van der Waals surface area contributed by atoms with Crippen LogP contribution in [0.5, 0.6) is 0 Å². The molecule has 0 radical (unpaired) electrons. The van der Waals surface area contributed by atoms with Crippen molar-refractivity contribution in [3.8, 4) is 0 Å². The molecule has 3 rings (SSSR count). The Morgan fingerprint density at radius 2 is 1.90 bits per heavy atom. The maximum Gasteiger partial charge on any atom is 0.313 e. The van der Waals surface area contributed by atoms with Gasteiger partial charge in [-0.3, -0.25) is 14.4 Å². The quantitative estimate of drug-likeness (QED) is 0.579. The van der Waals surface area contributed by atoms with Crippen molar-refractivity contribution < 1.29 is 19.1 Å². The monoisotopic (exact) mass is 413 g/mol. The number of nitrogens with zero attached hydrogens (tertiary/aromatic N) is 1. The van der Waals surface area contributed by atoms with Crippen molar-refractivity contribution in [1.29, 1.82) is 0 Å². The van der Waals surface area contributed by atoms with Crippen LogP contribution in [0, 0.1) is 0 Å². The van der Waals surface area contributed by atoms with Gasteiger partial charge in [-0.1, -0.05) is 36.4 Å². The highest BCUT2D eigenvalue weighted by Gasteiger charge is 2.26. The predicted octanol–water partition coefficient (Wildman–Crippen LogP) is 2.06. The summed E-state index contributed by atoms with van der Waals surface area (Å²) in [5, 5.41) is 4.93. The van der Waals surface area contributed by atoms with Gasteiger partial charge in [0, 0.05) is 17.1 Å². The minimum absolute atomic E-state index is 0.198. The Bertz CT molecular complexity index is 875. The van der Waals surface area contributed by atoms with E-state index >= 15 is 0 Å². The molecule has 1 aliphatic heterocycles. The number of hydrogen-bond acceptors (Lipinski definition) is 5. The standard InChI is InChI=1S/C21H23N3O4S/c1-29-17-9-5-8-16(12-17)23-21(27)20(26)22-13-19(25)24-10-11-28-18(14-24)15-6-3-2-4-7-15/h2-9,12,18H,10-11,13-14H2,1H3,(H,22,26)(H,23,27). The third kappa shape index (κ3) is 5.82. The second-order valence-electron chi connectivity index (χ2n) is 6.48. The van der Waals surface area contributed by atoms with Gasteiger partial charge in [-0.25, -0.2) is 0 Å². The molecular weight excluding hydrogens is 390 g/mol. The van der Waals surface area contributed by atoms with Crippen LogP contribution in [0.15, 0.2) is 59.5 Å². The zero-order valence-corrected chi connectivity index (χ0v) is 16.9. The fourth-order valence-electron chi connectivity index (χ4n) is 2.98. The minimum Gasteiger partial charge on any atom is -0.370 e. The van der Waals surface area contributed by atoms with E-state index in [9.17, 15) is 14.4 Å². The van der Waals surface area contributed by atoms with Crippen LogP contribution < -0.4 is 10.6 Å². The number of rotatable bonds is 5. The molecule has 1 heterocycles. The number of nitrogens with one attached hydrogen (secondary N) is 2. The highest BCUT2D eigenvalue weighted by Crippen LogP contribution is 2.22. The highest BCUT2D eigenvalue weighted by atomic mass is 32.2. The molecule has 0 spiro atoms. The van der Waals surface area contributed by atoms with Crippen molar-refractivity contribution in [3.05, 3.63) is 60.2 Å². The van der Waals surface area contributed by atoms with Crippen molar-refractivity contribution in [3.63, 3.8) is 0 Å². The number of amides is 3. The molecule has 2 aromatic rings. The van der Waals surface area contributed by atoms with Gasteiger partial charge in [-0.15, -0.1) is 11.8 Å². The van der Waals surface area contributed by atoms with E-state index in [0.29, 0.717) is 25.4 Å². The van der Waals surface area contributed by atoms with Gasteiger partial charge in [0.2, 0.25) is 5.91 Å². The van der Waals surface area contributed by atoms with Gasteiger partial charge in [0.15, 0.2) is 0 Å². The van der Waals surface area contributed by atoms with E-state index in [-0.39, 0.29) is 18.6 Å². The van der Waals surface area contributed by atoms with E-state index in [2.05, 4.69) is 10.6 Å². The molecule has 0 aromatic heterocycles. The molecular formula is C21H23N3O4S. The molecule has 1 aliphatic rings. The first-order chi connectivity index (χ1) is 14.1. The normalized spacial score (nSPS) is 16.2. The molecule has 0 bridgehead atoms. The van der Waals surface area contributed by atoms with Crippen LogP contribution in [0.25, 0.3) is 0 Å². The van der Waals surface area contributed by atoms with E-state index in [1.54, 1.807) is 23.1 Å². The van der Waals surface area contributed by atoms with Crippen LogP contribution in [-0.4, -0.2) is 55.1 Å². The summed E-state index contributed by atoms with van der Waals surface area (Å²) in [6, 6.07) is 16.9. The molecule has 2 aromatic carbocycles. The van der Waals surface area contributed by atoms with Gasteiger partial charge in [0.25, 0.3) is 0 Å². The Morgan fingerprint density at radius 1 is 1.10 bits per heavy atom. The lowest BCUT2D eigenvalue weighted by Crippen LogP contribution is -2.48. The Labute approximate surface area is 173 Å². The molecule has 1 atom stereocenters. The molecule has 29 heavy (non-hydrogen) atoms. The molecule has 7 nitrogen and oxygen atoms in total. The van der Waals surface area contributed by atoms with Crippen molar-refractivity contribution in [2.24, 2.45) is 0 Å². The topological polar surface area (TPSA) is 87.7 Å². The van der Waals surface area contributed by atoms with E-state index in [1.807, 2.05) is 42.7 Å². The van der Waals surface area contributed by atoms with Gasteiger partial charge >= 0.3 is 11.8 Å². The second kappa shape index (κ2) is 10.1. The molecule has 2 N–H and O–H groups in total. The summed E-state index contributed by atoms with van der Waals surface area (Å²) in [5.74, 6) is -1.90. The molecule has 152 valence electrons. The summed E-state index contributed by atoms with van der Waals surface area (Å²) in [5.41, 5.74) is 1.53. The van der Waals surface area contributed by atoms with E-state index in [0.717, 1.165) is 10.5 Å². The van der Waals surface area contributed by atoms with E-state index < -0.39 is 11.8 Å². The Hall–Kier alpha value is -2.84. The zero-order valence-electron chi connectivity index (χ0n) is 16.1. The van der Waals surface area contributed by atoms with Gasteiger partial charge in [-0.05, 0) is 30.0 Å². The number of carbonyl (C=O) groups is 3. The third-order valence-corrected chi connectivity index (χ3v) is 5.25. The molecule has 0 aliphatic carbocycles. The lowest BCUT2D eigenvalue weighted by Gasteiger charge is -2.33. The number of morpholine rings is 1. The van der Waals surface area contributed by atoms with Gasteiger partial charge in [0.05, 0.1) is 19.7 Å². The second-order valence-corrected chi connectivity index (χ2v) is 7.36.